The number of hydrogen-bond donors (Lipinski definition) is 1. The topological polar surface area (TPSA) is 33.1 Å². The summed E-state index contributed by atoms with van der Waals surface area (Å²) in [5.41, 5.74) is 7.79. The molecule has 140 valence electrons. The average molecular weight is 352 g/mol. The molecule has 2 nitrogen and oxygen atoms in total. The number of rotatable bonds is 7. The minimum absolute atomic E-state index is 0.0106. The van der Waals surface area contributed by atoms with Crippen LogP contribution in [0.1, 0.15) is 87.4 Å². The molecule has 0 amide bonds. The van der Waals surface area contributed by atoms with Crippen molar-refractivity contribution >= 4 is 6.08 Å². The van der Waals surface area contributed by atoms with Crippen LogP contribution in [0.2, 0.25) is 0 Å². The van der Waals surface area contributed by atoms with Crippen LogP contribution in [0.15, 0.2) is 30.3 Å². The van der Waals surface area contributed by atoms with Crippen molar-refractivity contribution in [3.8, 4) is 11.1 Å². The van der Waals surface area contributed by atoms with Crippen LogP contribution in [0.3, 0.4) is 0 Å². The third-order valence-corrected chi connectivity index (χ3v) is 4.73. The largest absolute Gasteiger partial charge is 0.392 e. The molecule has 0 saturated carbocycles. The van der Waals surface area contributed by atoms with E-state index in [0.717, 1.165) is 46.5 Å². The molecule has 1 heterocycles. The van der Waals surface area contributed by atoms with Crippen LogP contribution in [-0.2, 0) is 6.61 Å². The van der Waals surface area contributed by atoms with Gasteiger partial charge in [-0.1, -0.05) is 83.0 Å². The molecule has 0 radical (unpaired) electrons. The van der Waals surface area contributed by atoms with Gasteiger partial charge in [-0.05, 0) is 36.3 Å². The maximum absolute atomic E-state index is 10.2. The van der Waals surface area contributed by atoms with E-state index < -0.39 is 0 Å². The van der Waals surface area contributed by atoms with Crippen molar-refractivity contribution in [3.05, 3.63) is 58.4 Å². The predicted molar refractivity (Wildman–Crippen MR) is 112 cm³/mol. The van der Waals surface area contributed by atoms with Gasteiger partial charge in [0.25, 0.3) is 0 Å². The van der Waals surface area contributed by atoms with Crippen molar-refractivity contribution in [3.63, 3.8) is 0 Å². The fourth-order valence-electron chi connectivity index (χ4n) is 3.34. The van der Waals surface area contributed by atoms with Gasteiger partial charge in [0, 0.05) is 16.8 Å². The Bertz CT molecular complexity index is 755. The van der Waals surface area contributed by atoms with Gasteiger partial charge in [-0.15, -0.1) is 0 Å². The molecule has 2 heteroatoms. The highest BCUT2D eigenvalue weighted by molar-refractivity contribution is 5.80. The number of allylic oxidation sites excluding steroid dienone is 1. The molecule has 0 aliphatic carbocycles. The zero-order chi connectivity index (χ0) is 19.3. The molecule has 2 rings (SSSR count). The van der Waals surface area contributed by atoms with E-state index >= 15 is 0 Å². The molecule has 1 N–H and O–H groups in total. The third kappa shape index (κ3) is 4.42. The summed E-state index contributed by atoms with van der Waals surface area (Å²) >= 11 is 0. The SMILES string of the molecule is CCCC=Cc1c(C(C)C)nc(C(C)C)c(CO)c1-c1ccc(C)cc1. The number of nitrogens with zero attached hydrogens (tertiary/aromatic N) is 1. The lowest BCUT2D eigenvalue weighted by molar-refractivity contribution is 0.280. The number of hydrogen-bond acceptors (Lipinski definition) is 2. The van der Waals surface area contributed by atoms with Crippen molar-refractivity contribution in [1.82, 2.24) is 4.98 Å². The molecule has 0 unspecified atom stereocenters. The van der Waals surface area contributed by atoms with Crippen LogP contribution in [0.25, 0.3) is 17.2 Å². The zero-order valence-electron chi connectivity index (χ0n) is 17.1. The van der Waals surface area contributed by atoms with Crippen molar-refractivity contribution < 1.29 is 5.11 Å². The number of aliphatic hydroxyl groups excluding tert-OH is 1. The van der Waals surface area contributed by atoms with Crippen LogP contribution in [0, 0.1) is 6.92 Å². The Kier molecular flexibility index (Phi) is 7.16. The first-order valence-corrected chi connectivity index (χ1v) is 9.81. The highest BCUT2D eigenvalue weighted by Crippen LogP contribution is 2.37. The molecule has 0 spiro atoms. The van der Waals surface area contributed by atoms with Crippen molar-refractivity contribution in [2.75, 3.05) is 0 Å². The van der Waals surface area contributed by atoms with E-state index in [9.17, 15) is 5.11 Å². The first-order valence-electron chi connectivity index (χ1n) is 9.81. The highest BCUT2D eigenvalue weighted by atomic mass is 16.3. The standard InChI is InChI=1S/C24H33NO/c1-7-8-9-10-20-22(19-13-11-18(6)12-14-19)21(15-26)24(17(4)5)25-23(20)16(2)3/h9-14,16-17,26H,7-8,15H2,1-6H3. The molecule has 1 aromatic heterocycles. The minimum atomic E-state index is 0.0106. The van der Waals surface area contributed by atoms with Crippen LogP contribution in [-0.4, -0.2) is 10.1 Å². The smallest absolute Gasteiger partial charge is 0.0706 e. The summed E-state index contributed by atoms with van der Waals surface area (Å²) in [6.07, 6.45) is 6.62. The maximum atomic E-state index is 10.2. The van der Waals surface area contributed by atoms with Gasteiger partial charge in [0.1, 0.15) is 0 Å². The van der Waals surface area contributed by atoms with E-state index in [1.54, 1.807) is 0 Å². The van der Waals surface area contributed by atoms with E-state index in [4.69, 9.17) is 4.98 Å². The summed E-state index contributed by atoms with van der Waals surface area (Å²) in [6, 6.07) is 8.60. The van der Waals surface area contributed by atoms with Gasteiger partial charge >= 0.3 is 0 Å². The van der Waals surface area contributed by atoms with Crippen molar-refractivity contribution in [1.29, 1.82) is 0 Å². The molecular weight excluding hydrogens is 318 g/mol. The van der Waals surface area contributed by atoms with Gasteiger partial charge in [0.2, 0.25) is 0 Å². The number of pyridine rings is 1. The number of aliphatic hydroxyl groups is 1. The molecular formula is C24H33NO. The summed E-state index contributed by atoms with van der Waals surface area (Å²) in [5.74, 6) is 0.596. The first-order chi connectivity index (χ1) is 12.4. The van der Waals surface area contributed by atoms with E-state index in [0.29, 0.717) is 5.92 Å². The number of aryl methyl sites for hydroxylation is 1. The van der Waals surface area contributed by atoms with E-state index in [-0.39, 0.29) is 12.5 Å². The van der Waals surface area contributed by atoms with Gasteiger partial charge in [-0.25, -0.2) is 0 Å². The zero-order valence-corrected chi connectivity index (χ0v) is 17.1. The van der Waals surface area contributed by atoms with Gasteiger partial charge in [0.05, 0.1) is 12.3 Å². The van der Waals surface area contributed by atoms with E-state index in [1.165, 1.54) is 5.56 Å². The van der Waals surface area contributed by atoms with Gasteiger partial charge in [-0.3, -0.25) is 4.98 Å². The molecule has 26 heavy (non-hydrogen) atoms. The molecule has 1 aromatic carbocycles. The predicted octanol–water partition coefficient (Wildman–Crippen LogP) is 6.61. The Morgan fingerprint density at radius 2 is 1.62 bits per heavy atom. The first kappa shape index (κ1) is 20.4. The van der Waals surface area contributed by atoms with Gasteiger partial charge in [-0.2, -0.15) is 0 Å². The maximum Gasteiger partial charge on any atom is 0.0706 e. The van der Waals surface area contributed by atoms with Crippen molar-refractivity contribution in [2.24, 2.45) is 0 Å². The Morgan fingerprint density at radius 1 is 1.00 bits per heavy atom. The van der Waals surface area contributed by atoms with Crippen LogP contribution in [0.4, 0.5) is 0 Å². The summed E-state index contributed by atoms with van der Waals surface area (Å²) in [7, 11) is 0. The van der Waals surface area contributed by atoms with Crippen LogP contribution >= 0.6 is 0 Å². The molecule has 0 aliphatic heterocycles. The Labute approximate surface area is 159 Å². The normalized spacial score (nSPS) is 11.9. The van der Waals surface area contributed by atoms with Crippen molar-refractivity contribution in [2.45, 2.75) is 72.8 Å². The van der Waals surface area contributed by atoms with Crippen LogP contribution < -0.4 is 0 Å². The Hall–Kier alpha value is -1.93. The third-order valence-electron chi connectivity index (χ3n) is 4.73. The number of aromatic nitrogens is 1. The lowest BCUT2D eigenvalue weighted by Gasteiger charge is -2.23. The summed E-state index contributed by atoms with van der Waals surface area (Å²) in [5, 5.41) is 10.2. The van der Waals surface area contributed by atoms with Gasteiger partial charge < -0.3 is 5.11 Å². The highest BCUT2D eigenvalue weighted by Gasteiger charge is 2.22. The molecule has 0 bridgehead atoms. The molecule has 0 aliphatic rings. The fourth-order valence-corrected chi connectivity index (χ4v) is 3.34. The summed E-state index contributed by atoms with van der Waals surface area (Å²) < 4.78 is 0. The van der Waals surface area contributed by atoms with Gasteiger partial charge in [0.15, 0.2) is 0 Å². The molecule has 0 atom stereocenters. The number of benzene rings is 1. The molecule has 2 aromatic rings. The van der Waals surface area contributed by atoms with Crippen LogP contribution in [0.5, 0.6) is 0 Å². The fraction of sp³-hybridized carbons (Fsp3) is 0.458. The second kappa shape index (κ2) is 9.14. The number of unbranched alkanes of at least 4 members (excludes halogenated alkanes) is 1. The average Bonchev–Trinajstić information content (AvgIpc) is 2.61. The molecule has 0 fully saturated rings. The lowest BCUT2D eigenvalue weighted by atomic mass is 9.87. The monoisotopic (exact) mass is 351 g/mol. The summed E-state index contributed by atoms with van der Waals surface area (Å²) in [4.78, 5) is 5.01. The van der Waals surface area contributed by atoms with E-state index in [2.05, 4.69) is 78.0 Å². The minimum Gasteiger partial charge on any atom is -0.392 e. The quantitative estimate of drug-likeness (QED) is 0.609. The Balaban J connectivity index is 2.86. The molecule has 0 saturated heterocycles. The Morgan fingerprint density at radius 3 is 2.12 bits per heavy atom. The summed E-state index contributed by atoms with van der Waals surface area (Å²) in [6.45, 7) is 13.0. The van der Waals surface area contributed by atoms with E-state index in [1.807, 2.05) is 0 Å². The second-order valence-corrected chi connectivity index (χ2v) is 7.67. The lowest BCUT2D eigenvalue weighted by Crippen LogP contribution is -2.10. The second-order valence-electron chi connectivity index (χ2n) is 7.67.